The van der Waals surface area contributed by atoms with Gasteiger partial charge in [-0.05, 0) is 28.1 Å². The molecule has 0 spiro atoms. The van der Waals surface area contributed by atoms with Crippen molar-refractivity contribution in [2.24, 2.45) is 0 Å². The lowest BCUT2D eigenvalue weighted by molar-refractivity contribution is -0.136. The number of hydrogen-bond acceptors (Lipinski definition) is 6. The second-order valence-corrected chi connectivity index (χ2v) is 9.36. The topological polar surface area (TPSA) is 101 Å². The molecule has 0 atom stereocenters. The minimum Gasteiger partial charge on any atom is -0.507 e. The van der Waals surface area contributed by atoms with E-state index in [-0.39, 0.29) is 28.7 Å². The van der Waals surface area contributed by atoms with Crippen LogP contribution in [0.1, 0.15) is 5.56 Å². The molecule has 2 N–H and O–H groups in total. The fourth-order valence-corrected chi connectivity index (χ4v) is 5.04. The van der Waals surface area contributed by atoms with Gasteiger partial charge in [0, 0.05) is 23.3 Å². The van der Waals surface area contributed by atoms with Crippen molar-refractivity contribution in [2.45, 2.75) is 6.42 Å². The normalized spacial score (nSPS) is 11.4. The number of furan rings is 1. The van der Waals surface area contributed by atoms with Crippen LogP contribution in [-0.4, -0.2) is 16.2 Å². The van der Waals surface area contributed by atoms with Gasteiger partial charge in [0.15, 0.2) is 11.0 Å². The van der Waals surface area contributed by atoms with Crippen LogP contribution in [0.3, 0.4) is 0 Å². The van der Waals surface area contributed by atoms with Gasteiger partial charge in [-0.15, -0.1) is 11.3 Å². The molecule has 31 heavy (non-hydrogen) atoms. The van der Waals surface area contributed by atoms with Gasteiger partial charge in [-0.1, -0.05) is 30.3 Å². The van der Waals surface area contributed by atoms with E-state index in [0.717, 1.165) is 3.79 Å². The Kier molecular flexibility index (Phi) is 4.68. The maximum atomic E-state index is 12.9. The standard InChI is InChI=1S/C23H13BrO6S/c24-18-7-6-17(31-18)22-12(8-19(27)28)20-16(30-22)10-14(26)21-13(25)9-15(29-23(20)21)11-4-2-1-3-5-11/h1-7,9-10,26H,8H2,(H,27,28). The van der Waals surface area contributed by atoms with E-state index in [1.54, 1.807) is 12.1 Å². The van der Waals surface area contributed by atoms with E-state index in [0.29, 0.717) is 32.9 Å². The average molecular weight is 497 g/mol. The summed E-state index contributed by atoms with van der Waals surface area (Å²) in [4.78, 5) is 25.3. The maximum Gasteiger partial charge on any atom is 0.307 e. The van der Waals surface area contributed by atoms with Crippen LogP contribution in [0, 0.1) is 0 Å². The molecule has 3 aromatic heterocycles. The minimum absolute atomic E-state index is 0.0152. The first kappa shape index (κ1) is 19.6. The molecule has 0 saturated heterocycles. The number of rotatable bonds is 4. The molecule has 5 aromatic rings. The molecule has 6 nitrogen and oxygen atoms in total. The molecule has 0 radical (unpaired) electrons. The fraction of sp³-hybridized carbons (Fsp3) is 0.0435. The molecule has 0 aliphatic heterocycles. The molecule has 0 amide bonds. The lowest BCUT2D eigenvalue weighted by Crippen LogP contribution is -2.03. The first-order valence-electron chi connectivity index (χ1n) is 9.20. The monoisotopic (exact) mass is 496 g/mol. The molecular formula is C23H13BrO6S. The Morgan fingerprint density at radius 3 is 2.48 bits per heavy atom. The Hall–Kier alpha value is -3.36. The number of carboxylic acid groups (broad SMARTS) is 1. The molecule has 0 fully saturated rings. The van der Waals surface area contributed by atoms with Crippen LogP contribution >= 0.6 is 27.3 Å². The van der Waals surface area contributed by atoms with Crippen molar-refractivity contribution in [3.63, 3.8) is 0 Å². The molecule has 0 bridgehead atoms. The molecule has 0 aliphatic carbocycles. The second kappa shape index (κ2) is 7.40. The Balaban J connectivity index is 1.92. The molecule has 0 aliphatic rings. The summed E-state index contributed by atoms with van der Waals surface area (Å²) >= 11 is 4.79. The van der Waals surface area contributed by atoms with Gasteiger partial charge in [-0.25, -0.2) is 0 Å². The van der Waals surface area contributed by atoms with Crippen LogP contribution in [0.5, 0.6) is 5.75 Å². The Morgan fingerprint density at radius 2 is 1.81 bits per heavy atom. The Morgan fingerprint density at radius 1 is 1.03 bits per heavy atom. The summed E-state index contributed by atoms with van der Waals surface area (Å²) < 4.78 is 12.9. The maximum absolute atomic E-state index is 12.9. The minimum atomic E-state index is -1.05. The van der Waals surface area contributed by atoms with Crippen LogP contribution in [0.2, 0.25) is 0 Å². The second-order valence-electron chi connectivity index (χ2n) is 6.90. The van der Waals surface area contributed by atoms with Gasteiger partial charge in [0.1, 0.15) is 28.2 Å². The van der Waals surface area contributed by atoms with Gasteiger partial charge in [0.05, 0.1) is 20.5 Å². The zero-order valence-corrected chi connectivity index (χ0v) is 18.1. The summed E-state index contributed by atoms with van der Waals surface area (Å²) in [6.45, 7) is 0. The molecule has 0 saturated carbocycles. The molecule has 154 valence electrons. The Bertz CT molecular complexity index is 1530. The number of thiophene rings is 1. The highest BCUT2D eigenvalue weighted by atomic mass is 79.9. The molecule has 5 rings (SSSR count). The summed E-state index contributed by atoms with van der Waals surface area (Å²) in [5, 5.41) is 20.4. The number of halogens is 1. The number of phenols is 1. The predicted octanol–water partition coefficient (Wildman–Crippen LogP) is 6.03. The summed E-state index contributed by atoms with van der Waals surface area (Å²) in [7, 11) is 0. The average Bonchev–Trinajstić information content (AvgIpc) is 3.31. The number of carbonyl (C=O) groups is 1. The summed E-state index contributed by atoms with van der Waals surface area (Å²) in [6.07, 6.45) is -0.336. The van der Waals surface area contributed by atoms with E-state index in [1.807, 2.05) is 30.3 Å². The largest absolute Gasteiger partial charge is 0.507 e. The zero-order chi connectivity index (χ0) is 21.7. The molecule has 8 heteroatoms. The third kappa shape index (κ3) is 3.34. The van der Waals surface area contributed by atoms with E-state index in [4.69, 9.17) is 8.83 Å². The van der Waals surface area contributed by atoms with E-state index >= 15 is 0 Å². The lowest BCUT2D eigenvalue weighted by Gasteiger charge is -2.06. The quantitative estimate of drug-likeness (QED) is 0.315. The van der Waals surface area contributed by atoms with Crippen LogP contribution in [-0.2, 0) is 11.2 Å². The summed E-state index contributed by atoms with van der Waals surface area (Å²) in [6, 6.07) is 15.4. The fourth-order valence-electron chi connectivity index (χ4n) is 3.64. The number of aromatic hydroxyl groups is 1. The van der Waals surface area contributed by atoms with Crippen molar-refractivity contribution in [3.8, 4) is 27.7 Å². The highest BCUT2D eigenvalue weighted by Gasteiger charge is 2.25. The van der Waals surface area contributed by atoms with E-state index < -0.39 is 11.4 Å². The van der Waals surface area contributed by atoms with Crippen molar-refractivity contribution >= 4 is 55.2 Å². The first-order chi connectivity index (χ1) is 14.9. The number of aliphatic carboxylic acids is 1. The van der Waals surface area contributed by atoms with Crippen molar-refractivity contribution in [3.05, 3.63) is 74.2 Å². The van der Waals surface area contributed by atoms with Gasteiger partial charge >= 0.3 is 5.97 Å². The van der Waals surface area contributed by atoms with Gasteiger partial charge in [0.25, 0.3) is 0 Å². The Labute approximate surface area is 187 Å². The molecule has 0 unspecified atom stereocenters. The highest BCUT2D eigenvalue weighted by molar-refractivity contribution is 9.11. The molecule has 2 aromatic carbocycles. The van der Waals surface area contributed by atoms with Crippen LogP contribution in [0.4, 0.5) is 0 Å². The van der Waals surface area contributed by atoms with Crippen molar-refractivity contribution in [2.75, 3.05) is 0 Å². The SMILES string of the molecule is O=C(O)Cc1c(-c2ccc(Br)s2)oc2cc(O)c3c(=O)cc(-c4ccccc4)oc3c12. The lowest BCUT2D eigenvalue weighted by atomic mass is 10.0. The zero-order valence-electron chi connectivity index (χ0n) is 15.7. The summed E-state index contributed by atoms with van der Waals surface area (Å²) in [5.74, 6) is -0.659. The predicted molar refractivity (Wildman–Crippen MR) is 122 cm³/mol. The van der Waals surface area contributed by atoms with E-state index in [1.165, 1.54) is 23.5 Å². The number of phenolic OH excluding ortho intramolecular Hbond substituents is 1. The van der Waals surface area contributed by atoms with Gasteiger partial charge in [0.2, 0.25) is 0 Å². The molecule has 3 heterocycles. The van der Waals surface area contributed by atoms with E-state index in [9.17, 15) is 19.8 Å². The van der Waals surface area contributed by atoms with Crippen molar-refractivity contribution in [1.82, 2.24) is 0 Å². The van der Waals surface area contributed by atoms with Gasteiger partial charge < -0.3 is 19.0 Å². The van der Waals surface area contributed by atoms with Crippen LogP contribution < -0.4 is 5.43 Å². The number of fused-ring (bicyclic) bond motifs is 3. The third-order valence-corrected chi connectivity index (χ3v) is 6.54. The van der Waals surface area contributed by atoms with Crippen molar-refractivity contribution < 1.29 is 23.8 Å². The highest BCUT2D eigenvalue weighted by Crippen LogP contribution is 2.43. The smallest absolute Gasteiger partial charge is 0.307 e. The summed E-state index contributed by atoms with van der Waals surface area (Å²) in [5.41, 5.74) is 0.985. The number of carboxylic acids is 1. The number of hydrogen-bond donors (Lipinski definition) is 2. The van der Waals surface area contributed by atoms with Crippen LogP contribution in [0.25, 0.3) is 43.9 Å². The van der Waals surface area contributed by atoms with Crippen LogP contribution in [0.15, 0.2) is 72.0 Å². The number of benzene rings is 2. The molecular weight excluding hydrogens is 484 g/mol. The van der Waals surface area contributed by atoms with Gasteiger partial charge in [-0.2, -0.15) is 0 Å². The first-order valence-corrected chi connectivity index (χ1v) is 10.8. The van der Waals surface area contributed by atoms with Crippen molar-refractivity contribution in [1.29, 1.82) is 0 Å². The third-order valence-electron chi connectivity index (χ3n) is 4.92. The van der Waals surface area contributed by atoms with Gasteiger partial charge in [-0.3, -0.25) is 9.59 Å². The van der Waals surface area contributed by atoms with E-state index in [2.05, 4.69) is 15.9 Å².